The lowest BCUT2D eigenvalue weighted by Gasteiger charge is -2.31. The largest absolute Gasteiger partial charge is 0.481 e. The Hall–Kier alpha value is -2.18. The lowest BCUT2D eigenvalue weighted by atomic mass is 9.92. The van der Waals surface area contributed by atoms with Crippen molar-refractivity contribution in [2.75, 3.05) is 32.1 Å². The van der Waals surface area contributed by atoms with Gasteiger partial charge >= 0.3 is 5.97 Å². The van der Waals surface area contributed by atoms with E-state index >= 15 is 0 Å². The van der Waals surface area contributed by atoms with Crippen LogP contribution in [0.3, 0.4) is 0 Å². The van der Waals surface area contributed by atoms with Crippen LogP contribution in [-0.4, -0.2) is 59.3 Å². The Balaban J connectivity index is 1.63. The van der Waals surface area contributed by atoms with Crippen LogP contribution in [0.2, 0.25) is 0 Å². The number of carbonyl (C=O) groups excluding carboxylic acids is 1. The van der Waals surface area contributed by atoms with Crippen molar-refractivity contribution in [3.63, 3.8) is 0 Å². The lowest BCUT2D eigenvalue weighted by molar-refractivity contribution is -0.137. The fourth-order valence-corrected chi connectivity index (χ4v) is 3.42. The van der Waals surface area contributed by atoms with E-state index in [0.29, 0.717) is 37.0 Å². The first-order valence-electron chi connectivity index (χ1n) is 9.01. The number of piperidine rings is 1. The van der Waals surface area contributed by atoms with Crippen LogP contribution in [0.1, 0.15) is 60.6 Å². The average Bonchev–Trinajstić information content (AvgIpc) is 3.44. The molecule has 2 heterocycles. The quantitative estimate of drug-likeness (QED) is 0.849. The molecule has 25 heavy (non-hydrogen) atoms. The van der Waals surface area contributed by atoms with Crippen molar-refractivity contribution in [1.29, 1.82) is 0 Å². The van der Waals surface area contributed by atoms with E-state index in [1.807, 2.05) is 30.0 Å². The minimum absolute atomic E-state index is 0.0744. The fourth-order valence-electron chi connectivity index (χ4n) is 3.42. The molecule has 1 saturated heterocycles. The van der Waals surface area contributed by atoms with Gasteiger partial charge in [0.25, 0.3) is 5.91 Å². The van der Waals surface area contributed by atoms with Crippen molar-refractivity contribution in [2.45, 2.75) is 44.4 Å². The Morgan fingerprint density at radius 2 is 1.88 bits per heavy atom. The lowest BCUT2D eigenvalue weighted by Crippen LogP contribution is -2.39. The first-order chi connectivity index (χ1) is 12.0. The van der Waals surface area contributed by atoms with Crippen LogP contribution in [0.4, 0.5) is 5.69 Å². The van der Waals surface area contributed by atoms with Gasteiger partial charge in [0, 0.05) is 39.5 Å². The summed E-state index contributed by atoms with van der Waals surface area (Å²) in [4.78, 5) is 27.3. The second kappa shape index (κ2) is 7.37. The Bertz CT molecular complexity index is 650. The number of hydrogen-bond acceptors (Lipinski definition) is 5. The van der Waals surface area contributed by atoms with Crippen molar-refractivity contribution < 1.29 is 14.7 Å². The minimum Gasteiger partial charge on any atom is -0.481 e. The number of carbonyl (C=O) groups is 2. The Labute approximate surface area is 148 Å². The number of carboxylic acids is 1. The molecule has 1 saturated carbocycles. The van der Waals surface area contributed by atoms with E-state index in [1.54, 1.807) is 0 Å². The van der Waals surface area contributed by atoms with Crippen LogP contribution in [0.25, 0.3) is 0 Å². The standard InChI is InChI=1S/C18H26N4O3/c1-21(2)15-11-14(19-20-17(15)13-4-5-13)18(25)22-9-7-12(8-10-22)3-6-16(23)24/h11-13H,3-10H2,1-2H3,(H,23,24). The number of likely N-dealkylation sites (tertiary alicyclic amines) is 1. The summed E-state index contributed by atoms with van der Waals surface area (Å²) in [6.07, 6.45) is 4.90. The van der Waals surface area contributed by atoms with Gasteiger partial charge in [-0.3, -0.25) is 9.59 Å². The van der Waals surface area contributed by atoms with Gasteiger partial charge in [0.15, 0.2) is 5.69 Å². The fraction of sp³-hybridized carbons (Fsp3) is 0.667. The molecule has 2 fully saturated rings. The highest BCUT2D eigenvalue weighted by atomic mass is 16.4. The van der Waals surface area contributed by atoms with E-state index in [-0.39, 0.29) is 12.3 Å². The molecule has 0 bridgehead atoms. The molecule has 1 N–H and O–H groups in total. The third-order valence-corrected chi connectivity index (χ3v) is 5.13. The van der Waals surface area contributed by atoms with Gasteiger partial charge in [-0.2, -0.15) is 5.10 Å². The number of hydrogen-bond donors (Lipinski definition) is 1. The second-order valence-electron chi connectivity index (χ2n) is 7.34. The van der Waals surface area contributed by atoms with E-state index < -0.39 is 5.97 Å². The van der Waals surface area contributed by atoms with Gasteiger partial charge in [0.05, 0.1) is 11.4 Å². The van der Waals surface area contributed by atoms with Gasteiger partial charge in [0.1, 0.15) is 0 Å². The second-order valence-corrected chi connectivity index (χ2v) is 7.34. The van der Waals surface area contributed by atoms with Crippen LogP contribution < -0.4 is 4.90 Å². The topological polar surface area (TPSA) is 86.6 Å². The highest BCUT2D eigenvalue weighted by Gasteiger charge is 2.31. The normalized spacial score (nSPS) is 18.2. The third-order valence-electron chi connectivity index (χ3n) is 5.13. The average molecular weight is 346 g/mol. The highest BCUT2D eigenvalue weighted by molar-refractivity contribution is 5.93. The molecule has 1 aliphatic carbocycles. The van der Waals surface area contributed by atoms with Crippen LogP contribution in [0, 0.1) is 5.92 Å². The van der Waals surface area contributed by atoms with Crippen LogP contribution >= 0.6 is 0 Å². The molecule has 0 spiro atoms. The number of aromatic nitrogens is 2. The van der Waals surface area contributed by atoms with E-state index in [2.05, 4.69) is 10.2 Å². The molecular formula is C18H26N4O3. The number of carboxylic acid groups (broad SMARTS) is 1. The van der Waals surface area contributed by atoms with Gasteiger partial charge in [-0.25, -0.2) is 0 Å². The number of aliphatic carboxylic acids is 1. The Morgan fingerprint density at radius 1 is 1.20 bits per heavy atom. The summed E-state index contributed by atoms with van der Waals surface area (Å²) in [5.41, 5.74) is 2.38. The predicted molar refractivity (Wildman–Crippen MR) is 93.8 cm³/mol. The van der Waals surface area contributed by atoms with Gasteiger partial charge in [-0.1, -0.05) is 0 Å². The number of nitrogens with zero attached hydrogens (tertiary/aromatic N) is 4. The van der Waals surface area contributed by atoms with E-state index in [1.165, 1.54) is 0 Å². The smallest absolute Gasteiger partial charge is 0.303 e. The van der Waals surface area contributed by atoms with Crippen molar-refractivity contribution in [1.82, 2.24) is 15.1 Å². The molecule has 1 amide bonds. The Kier molecular flexibility index (Phi) is 5.20. The zero-order chi connectivity index (χ0) is 18.0. The zero-order valence-corrected chi connectivity index (χ0v) is 14.9. The van der Waals surface area contributed by atoms with E-state index in [9.17, 15) is 9.59 Å². The summed E-state index contributed by atoms with van der Waals surface area (Å²) in [5.74, 6) is 0.0511. The van der Waals surface area contributed by atoms with Crippen LogP contribution in [0.15, 0.2) is 6.07 Å². The summed E-state index contributed by atoms with van der Waals surface area (Å²) in [6, 6.07) is 1.86. The van der Waals surface area contributed by atoms with Gasteiger partial charge in [-0.05, 0) is 44.1 Å². The van der Waals surface area contributed by atoms with Gasteiger partial charge in [-0.15, -0.1) is 5.10 Å². The van der Waals surface area contributed by atoms with Crippen molar-refractivity contribution >= 4 is 17.6 Å². The maximum atomic E-state index is 12.8. The maximum Gasteiger partial charge on any atom is 0.303 e. The number of anilines is 1. The molecule has 7 heteroatoms. The van der Waals surface area contributed by atoms with Crippen LogP contribution in [0.5, 0.6) is 0 Å². The molecule has 1 aromatic rings. The third kappa shape index (κ3) is 4.27. The molecule has 1 aliphatic heterocycles. The van der Waals surface area contributed by atoms with E-state index in [0.717, 1.165) is 37.1 Å². The molecule has 0 atom stereocenters. The van der Waals surface area contributed by atoms with Crippen molar-refractivity contribution in [3.05, 3.63) is 17.5 Å². The number of amides is 1. The first-order valence-corrected chi connectivity index (χ1v) is 9.01. The van der Waals surface area contributed by atoms with Gasteiger partial charge in [0.2, 0.25) is 0 Å². The maximum absolute atomic E-state index is 12.8. The summed E-state index contributed by atoms with van der Waals surface area (Å²) in [7, 11) is 3.93. The van der Waals surface area contributed by atoms with Crippen molar-refractivity contribution in [2.24, 2.45) is 5.92 Å². The molecule has 2 aliphatic rings. The van der Waals surface area contributed by atoms with E-state index in [4.69, 9.17) is 5.11 Å². The monoisotopic (exact) mass is 346 g/mol. The summed E-state index contributed by atoms with van der Waals surface area (Å²) in [5, 5.41) is 17.3. The molecule has 0 aromatic carbocycles. The van der Waals surface area contributed by atoms with Crippen LogP contribution in [-0.2, 0) is 4.79 Å². The summed E-state index contributed by atoms with van der Waals surface area (Å²) >= 11 is 0. The molecule has 0 unspecified atom stereocenters. The highest BCUT2D eigenvalue weighted by Crippen LogP contribution is 2.42. The molecule has 1 aromatic heterocycles. The van der Waals surface area contributed by atoms with Crippen molar-refractivity contribution in [3.8, 4) is 0 Å². The SMILES string of the molecule is CN(C)c1cc(C(=O)N2CCC(CCC(=O)O)CC2)nnc1C1CC1. The van der Waals surface area contributed by atoms with Gasteiger partial charge < -0.3 is 14.9 Å². The Morgan fingerprint density at radius 3 is 2.44 bits per heavy atom. The molecule has 7 nitrogen and oxygen atoms in total. The zero-order valence-electron chi connectivity index (χ0n) is 14.9. The summed E-state index contributed by atoms with van der Waals surface area (Å²) < 4.78 is 0. The first kappa shape index (κ1) is 17.6. The molecule has 136 valence electrons. The molecule has 3 rings (SSSR count). The minimum atomic E-state index is -0.749. The molecular weight excluding hydrogens is 320 g/mol. The predicted octanol–water partition coefficient (Wildman–Crippen LogP) is 2.14. The summed E-state index contributed by atoms with van der Waals surface area (Å²) in [6.45, 7) is 1.32. The molecule has 0 radical (unpaired) electrons. The number of rotatable bonds is 6.